The van der Waals surface area contributed by atoms with Crippen molar-refractivity contribution >= 4 is 11.6 Å². The third-order valence-electron chi connectivity index (χ3n) is 1.62. The van der Waals surface area contributed by atoms with Gasteiger partial charge >= 0.3 is 0 Å². The molecule has 0 radical (unpaired) electrons. The molecule has 0 aliphatic rings. The van der Waals surface area contributed by atoms with E-state index < -0.39 is 30.4 Å². The van der Waals surface area contributed by atoms with Crippen molar-refractivity contribution in [3.8, 4) is 0 Å². The lowest BCUT2D eigenvalue weighted by Gasteiger charge is -2.13. The predicted octanol–water partition coefficient (Wildman–Crippen LogP) is -1.51. The standard InChI is InChI=1S/C8H14O5/c1-4(2)6(11)8(13)7(12)5(10)3-9/h4-6,9-11H,3H2,1-2H3/t5-,6?/m0/s1. The van der Waals surface area contributed by atoms with Gasteiger partial charge in [0.05, 0.1) is 6.61 Å². The molecule has 0 rings (SSSR count). The Morgan fingerprint density at radius 2 is 1.62 bits per heavy atom. The Balaban J connectivity index is 4.34. The highest BCUT2D eigenvalue weighted by molar-refractivity contribution is 6.40. The van der Waals surface area contributed by atoms with Crippen LogP contribution in [0, 0.1) is 5.92 Å². The summed E-state index contributed by atoms with van der Waals surface area (Å²) in [6, 6.07) is 0. The van der Waals surface area contributed by atoms with E-state index in [0.29, 0.717) is 0 Å². The van der Waals surface area contributed by atoms with Crippen LogP contribution in [0.4, 0.5) is 0 Å². The fourth-order valence-electron chi connectivity index (χ4n) is 0.696. The first-order valence-corrected chi connectivity index (χ1v) is 3.96. The van der Waals surface area contributed by atoms with Crippen molar-refractivity contribution < 1.29 is 24.9 Å². The van der Waals surface area contributed by atoms with Gasteiger partial charge in [0.2, 0.25) is 11.6 Å². The van der Waals surface area contributed by atoms with E-state index >= 15 is 0 Å². The molecular formula is C8H14O5. The van der Waals surface area contributed by atoms with E-state index in [0.717, 1.165) is 0 Å². The number of ketones is 2. The van der Waals surface area contributed by atoms with E-state index in [2.05, 4.69) is 0 Å². The molecule has 0 fully saturated rings. The molecule has 0 bridgehead atoms. The highest BCUT2D eigenvalue weighted by Crippen LogP contribution is 2.04. The Kier molecular flexibility index (Phi) is 4.76. The summed E-state index contributed by atoms with van der Waals surface area (Å²) in [5, 5.41) is 26.3. The average Bonchev–Trinajstić information content (AvgIpc) is 2.12. The van der Waals surface area contributed by atoms with E-state index in [1.807, 2.05) is 0 Å². The summed E-state index contributed by atoms with van der Waals surface area (Å²) in [4.78, 5) is 21.9. The summed E-state index contributed by atoms with van der Waals surface area (Å²) in [6.45, 7) is 2.33. The smallest absolute Gasteiger partial charge is 0.231 e. The Morgan fingerprint density at radius 3 is 1.92 bits per heavy atom. The largest absolute Gasteiger partial charge is 0.393 e. The van der Waals surface area contributed by atoms with Crippen LogP contribution in [0.3, 0.4) is 0 Å². The maximum Gasteiger partial charge on any atom is 0.231 e. The molecule has 3 N–H and O–H groups in total. The normalized spacial score (nSPS) is 15.5. The molecule has 5 nitrogen and oxygen atoms in total. The number of rotatable bonds is 5. The van der Waals surface area contributed by atoms with Crippen molar-refractivity contribution in [2.45, 2.75) is 26.1 Å². The number of aliphatic hydroxyl groups is 3. The zero-order valence-corrected chi connectivity index (χ0v) is 7.60. The second kappa shape index (κ2) is 5.06. The third kappa shape index (κ3) is 3.22. The van der Waals surface area contributed by atoms with E-state index in [-0.39, 0.29) is 5.92 Å². The van der Waals surface area contributed by atoms with E-state index in [1.54, 1.807) is 13.8 Å². The van der Waals surface area contributed by atoms with Gasteiger partial charge in [-0.3, -0.25) is 9.59 Å². The molecule has 13 heavy (non-hydrogen) atoms. The molecule has 0 saturated carbocycles. The minimum absolute atomic E-state index is 0.387. The van der Waals surface area contributed by atoms with Gasteiger partial charge in [0.1, 0.15) is 12.2 Å². The lowest BCUT2D eigenvalue weighted by molar-refractivity contribution is -0.148. The molecule has 76 valence electrons. The molecule has 1 unspecified atom stereocenters. The first-order valence-electron chi connectivity index (χ1n) is 3.96. The highest BCUT2D eigenvalue weighted by Gasteiger charge is 2.29. The summed E-state index contributed by atoms with van der Waals surface area (Å²) in [5.41, 5.74) is 0. The van der Waals surface area contributed by atoms with Gasteiger partial charge < -0.3 is 15.3 Å². The van der Waals surface area contributed by atoms with Gasteiger partial charge in [0.15, 0.2) is 0 Å². The molecule has 0 heterocycles. The number of carbonyl (C=O) groups excluding carboxylic acids is 2. The van der Waals surface area contributed by atoms with Crippen LogP contribution < -0.4 is 0 Å². The maximum absolute atomic E-state index is 11.0. The number of aliphatic hydroxyl groups excluding tert-OH is 3. The van der Waals surface area contributed by atoms with Gasteiger partial charge in [-0.25, -0.2) is 0 Å². The summed E-state index contributed by atoms with van der Waals surface area (Å²) >= 11 is 0. The average molecular weight is 190 g/mol. The Labute approximate surface area is 76.0 Å². The van der Waals surface area contributed by atoms with Crippen molar-refractivity contribution in [3.05, 3.63) is 0 Å². The number of Topliss-reactive ketones (excluding diaryl/α,β-unsaturated/α-hetero) is 2. The topological polar surface area (TPSA) is 94.8 Å². The van der Waals surface area contributed by atoms with Crippen LogP contribution in [0.2, 0.25) is 0 Å². The summed E-state index contributed by atoms with van der Waals surface area (Å²) in [5.74, 6) is -2.59. The molecule has 0 spiro atoms. The minimum Gasteiger partial charge on any atom is -0.393 e. The van der Waals surface area contributed by atoms with Crippen LogP contribution in [0.15, 0.2) is 0 Å². The molecule has 0 amide bonds. The first-order chi connectivity index (χ1) is 5.91. The number of hydrogen-bond donors (Lipinski definition) is 3. The second-order valence-electron chi connectivity index (χ2n) is 3.12. The van der Waals surface area contributed by atoms with E-state index in [4.69, 9.17) is 15.3 Å². The fourth-order valence-corrected chi connectivity index (χ4v) is 0.696. The van der Waals surface area contributed by atoms with Crippen LogP contribution in [-0.4, -0.2) is 45.7 Å². The first kappa shape index (κ1) is 12.2. The quantitative estimate of drug-likeness (QED) is 0.458. The molecule has 5 heteroatoms. The minimum atomic E-state index is -1.72. The van der Waals surface area contributed by atoms with Gasteiger partial charge in [-0.2, -0.15) is 0 Å². The van der Waals surface area contributed by atoms with Gasteiger partial charge in [0, 0.05) is 0 Å². The van der Waals surface area contributed by atoms with Crippen LogP contribution >= 0.6 is 0 Å². The Bertz CT molecular complexity index is 199. The second-order valence-corrected chi connectivity index (χ2v) is 3.12. The monoisotopic (exact) mass is 190 g/mol. The van der Waals surface area contributed by atoms with Crippen molar-refractivity contribution in [2.75, 3.05) is 6.61 Å². The number of carbonyl (C=O) groups is 2. The van der Waals surface area contributed by atoms with Crippen LogP contribution in [0.5, 0.6) is 0 Å². The maximum atomic E-state index is 11.0. The lowest BCUT2D eigenvalue weighted by Crippen LogP contribution is -2.40. The fraction of sp³-hybridized carbons (Fsp3) is 0.750. The molecule has 0 aromatic carbocycles. The Hall–Kier alpha value is -0.780. The van der Waals surface area contributed by atoms with Gasteiger partial charge in [0.25, 0.3) is 0 Å². The molecule has 0 aromatic rings. The van der Waals surface area contributed by atoms with Crippen molar-refractivity contribution in [1.82, 2.24) is 0 Å². The molecule has 0 aromatic heterocycles. The van der Waals surface area contributed by atoms with Crippen LogP contribution in [-0.2, 0) is 9.59 Å². The van der Waals surface area contributed by atoms with Crippen molar-refractivity contribution in [1.29, 1.82) is 0 Å². The zero-order chi connectivity index (χ0) is 10.6. The SMILES string of the molecule is CC(C)C(O)C(=O)C(=O)[C@@H](O)CO. The zero-order valence-electron chi connectivity index (χ0n) is 7.60. The van der Waals surface area contributed by atoms with Gasteiger partial charge in [-0.15, -0.1) is 0 Å². The van der Waals surface area contributed by atoms with Crippen LogP contribution in [0.1, 0.15) is 13.8 Å². The van der Waals surface area contributed by atoms with Crippen molar-refractivity contribution in [2.24, 2.45) is 5.92 Å². The lowest BCUT2D eigenvalue weighted by atomic mass is 9.98. The molecule has 0 aliphatic heterocycles. The summed E-state index contributed by atoms with van der Waals surface area (Å²) < 4.78 is 0. The van der Waals surface area contributed by atoms with Gasteiger partial charge in [-0.1, -0.05) is 13.8 Å². The van der Waals surface area contributed by atoms with E-state index in [9.17, 15) is 9.59 Å². The highest BCUT2D eigenvalue weighted by atomic mass is 16.3. The van der Waals surface area contributed by atoms with E-state index in [1.165, 1.54) is 0 Å². The summed E-state index contributed by atoms with van der Waals surface area (Å²) in [6.07, 6.45) is -3.13. The number of hydrogen-bond acceptors (Lipinski definition) is 5. The molecule has 0 saturated heterocycles. The van der Waals surface area contributed by atoms with Crippen molar-refractivity contribution in [3.63, 3.8) is 0 Å². The molecule has 2 atom stereocenters. The molecular weight excluding hydrogens is 176 g/mol. The Morgan fingerprint density at radius 1 is 1.15 bits per heavy atom. The third-order valence-corrected chi connectivity index (χ3v) is 1.62. The summed E-state index contributed by atoms with van der Waals surface area (Å²) in [7, 11) is 0. The van der Waals surface area contributed by atoms with Crippen LogP contribution in [0.25, 0.3) is 0 Å². The predicted molar refractivity (Wildman–Crippen MR) is 44.0 cm³/mol. The van der Waals surface area contributed by atoms with Gasteiger partial charge in [-0.05, 0) is 5.92 Å². The molecule has 0 aliphatic carbocycles.